The van der Waals surface area contributed by atoms with Crippen molar-refractivity contribution in [2.75, 3.05) is 7.11 Å². The van der Waals surface area contributed by atoms with E-state index in [0.29, 0.717) is 10.6 Å². The van der Waals surface area contributed by atoms with Crippen LogP contribution in [-0.4, -0.2) is 11.3 Å². The predicted molar refractivity (Wildman–Crippen MR) is 77.2 cm³/mol. The molecule has 0 amide bonds. The highest BCUT2D eigenvalue weighted by Crippen LogP contribution is 2.25. The maximum absolute atomic E-state index is 13.1. The Balaban J connectivity index is 2.26. The Morgan fingerprint density at radius 3 is 2.74 bits per heavy atom. The van der Waals surface area contributed by atoms with Crippen molar-refractivity contribution in [1.82, 2.24) is 0 Å². The quantitative estimate of drug-likeness (QED) is 0.842. The van der Waals surface area contributed by atoms with Crippen LogP contribution in [0.15, 0.2) is 51.8 Å². The van der Waals surface area contributed by atoms with Crippen molar-refractivity contribution >= 4 is 26.7 Å². The Hall–Kier alpha value is -1.20. The van der Waals surface area contributed by atoms with Gasteiger partial charge in [-0.15, -0.1) is 0 Å². The number of hydrogen-bond donors (Lipinski definition) is 0. The van der Waals surface area contributed by atoms with E-state index in [1.54, 1.807) is 19.2 Å². The average molecular weight is 343 g/mol. The van der Waals surface area contributed by atoms with Crippen LogP contribution in [0.4, 0.5) is 4.39 Å². The fourth-order valence-corrected chi connectivity index (χ4v) is 3.25. The van der Waals surface area contributed by atoms with Crippen LogP contribution < -0.4 is 4.74 Å². The van der Waals surface area contributed by atoms with E-state index >= 15 is 0 Å². The fourth-order valence-electron chi connectivity index (χ4n) is 1.69. The zero-order chi connectivity index (χ0) is 13.8. The van der Waals surface area contributed by atoms with Gasteiger partial charge in [0.15, 0.2) is 0 Å². The molecule has 0 spiro atoms. The summed E-state index contributed by atoms with van der Waals surface area (Å²) in [4.78, 5) is 0.474. The van der Waals surface area contributed by atoms with Crippen molar-refractivity contribution in [2.45, 2.75) is 10.6 Å². The lowest BCUT2D eigenvalue weighted by Gasteiger charge is -2.09. The van der Waals surface area contributed by atoms with E-state index in [2.05, 4.69) is 15.9 Å². The van der Waals surface area contributed by atoms with Crippen LogP contribution in [0.5, 0.6) is 5.75 Å². The van der Waals surface area contributed by atoms with Crippen LogP contribution in [0, 0.1) is 5.82 Å². The van der Waals surface area contributed by atoms with Crippen molar-refractivity contribution in [3.05, 3.63) is 58.3 Å². The third-order valence-corrected chi connectivity index (χ3v) is 4.43. The van der Waals surface area contributed by atoms with Gasteiger partial charge in [0.05, 0.1) is 23.7 Å². The van der Waals surface area contributed by atoms with Crippen molar-refractivity contribution in [3.63, 3.8) is 0 Å². The fraction of sp³-hybridized carbons (Fsp3) is 0.143. The van der Waals surface area contributed by atoms with E-state index in [4.69, 9.17) is 4.74 Å². The van der Waals surface area contributed by atoms with Gasteiger partial charge in [-0.3, -0.25) is 4.21 Å². The molecule has 2 aromatic carbocycles. The number of methoxy groups -OCH3 is 1. The van der Waals surface area contributed by atoms with E-state index in [-0.39, 0.29) is 11.6 Å². The molecule has 19 heavy (non-hydrogen) atoms. The van der Waals surface area contributed by atoms with Crippen LogP contribution in [0.1, 0.15) is 5.56 Å². The number of halogens is 2. The molecule has 2 nitrogen and oxygen atoms in total. The van der Waals surface area contributed by atoms with Crippen molar-refractivity contribution in [1.29, 1.82) is 0 Å². The average Bonchev–Trinajstić information content (AvgIpc) is 2.39. The summed E-state index contributed by atoms with van der Waals surface area (Å²) in [6.45, 7) is 0. The summed E-state index contributed by atoms with van der Waals surface area (Å²) >= 11 is 3.37. The van der Waals surface area contributed by atoms with Crippen molar-refractivity contribution in [2.24, 2.45) is 0 Å². The molecule has 2 aromatic rings. The van der Waals surface area contributed by atoms with Gasteiger partial charge in [-0.2, -0.15) is 0 Å². The number of ether oxygens (including phenoxy) is 1. The van der Waals surface area contributed by atoms with E-state index in [1.165, 1.54) is 12.1 Å². The second kappa shape index (κ2) is 6.30. The van der Waals surface area contributed by atoms with Gasteiger partial charge in [0.1, 0.15) is 11.6 Å². The Morgan fingerprint density at radius 2 is 2.05 bits per heavy atom. The summed E-state index contributed by atoms with van der Waals surface area (Å²) in [7, 11) is 0.262. The molecule has 0 saturated heterocycles. The largest absolute Gasteiger partial charge is 0.496 e. The normalized spacial score (nSPS) is 12.2. The maximum atomic E-state index is 13.1. The third kappa shape index (κ3) is 3.64. The van der Waals surface area contributed by atoms with Gasteiger partial charge in [-0.05, 0) is 36.4 Å². The monoisotopic (exact) mass is 342 g/mol. The van der Waals surface area contributed by atoms with Crippen LogP contribution >= 0.6 is 15.9 Å². The first-order valence-electron chi connectivity index (χ1n) is 5.56. The number of hydrogen-bond acceptors (Lipinski definition) is 2. The second-order valence-corrected chi connectivity index (χ2v) is 6.27. The minimum absolute atomic E-state index is 0.284. The highest BCUT2D eigenvalue weighted by atomic mass is 79.9. The Kier molecular flexibility index (Phi) is 4.71. The summed E-state index contributed by atoms with van der Waals surface area (Å²) in [5, 5.41) is 0. The molecule has 0 fully saturated rings. The first-order valence-corrected chi connectivity index (χ1v) is 7.67. The molecular formula is C14H12BrFO2S. The molecule has 0 radical (unpaired) electrons. The Bertz CT molecular complexity index is 616. The SMILES string of the molecule is COc1ccc(Br)cc1CS(=O)c1cccc(F)c1. The van der Waals surface area contributed by atoms with E-state index in [9.17, 15) is 8.60 Å². The van der Waals surface area contributed by atoms with E-state index in [1.807, 2.05) is 18.2 Å². The first-order chi connectivity index (χ1) is 9.10. The molecule has 2 rings (SSSR count). The summed E-state index contributed by atoms with van der Waals surface area (Å²) < 4.78 is 31.4. The molecule has 0 heterocycles. The minimum atomic E-state index is -1.31. The van der Waals surface area contributed by atoms with Crippen molar-refractivity contribution < 1.29 is 13.3 Å². The van der Waals surface area contributed by atoms with Gasteiger partial charge >= 0.3 is 0 Å². The molecule has 0 aromatic heterocycles. The standard InChI is InChI=1S/C14H12BrFO2S/c1-18-14-6-5-11(15)7-10(14)9-19(17)13-4-2-3-12(16)8-13/h2-8H,9H2,1H3. The molecule has 0 aliphatic carbocycles. The molecule has 0 bridgehead atoms. The van der Waals surface area contributed by atoms with Gasteiger partial charge < -0.3 is 4.74 Å². The van der Waals surface area contributed by atoms with Gasteiger partial charge in [0.2, 0.25) is 0 Å². The van der Waals surface area contributed by atoms with Crippen LogP contribution in [0.3, 0.4) is 0 Å². The zero-order valence-corrected chi connectivity index (χ0v) is 12.6. The molecule has 0 aliphatic rings. The zero-order valence-electron chi connectivity index (χ0n) is 10.2. The molecular weight excluding hydrogens is 331 g/mol. The maximum Gasteiger partial charge on any atom is 0.124 e. The third-order valence-electron chi connectivity index (χ3n) is 2.59. The summed E-state index contributed by atoms with van der Waals surface area (Å²) in [5.74, 6) is 0.575. The number of rotatable bonds is 4. The van der Waals surface area contributed by atoms with Gasteiger partial charge in [-0.1, -0.05) is 22.0 Å². The minimum Gasteiger partial charge on any atom is -0.496 e. The first kappa shape index (κ1) is 14.2. The topological polar surface area (TPSA) is 26.3 Å². The van der Waals surface area contributed by atoms with Crippen molar-refractivity contribution in [3.8, 4) is 5.75 Å². The molecule has 5 heteroatoms. The van der Waals surface area contributed by atoms with E-state index in [0.717, 1.165) is 10.0 Å². The lowest BCUT2D eigenvalue weighted by atomic mass is 10.2. The van der Waals surface area contributed by atoms with Gasteiger partial charge in [-0.25, -0.2) is 4.39 Å². The van der Waals surface area contributed by atoms with Crippen LogP contribution in [-0.2, 0) is 16.6 Å². The summed E-state index contributed by atoms with van der Waals surface area (Å²) in [6.07, 6.45) is 0. The molecule has 0 saturated carbocycles. The predicted octanol–water partition coefficient (Wildman–Crippen LogP) is 3.90. The second-order valence-electron chi connectivity index (χ2n) is 3.90. The lowest BCUT2D eigenvalue weighted by Crippen LogP contribution is -1.99. The van der Waals surface area contributed by atoms with E-state index < -0.39 is 10.8 Å². The number of benzene rings is 2. The molecule has 1 unspecified atom stereocenters. The smallest absolute Gasteiger partial charge is 0.124 e. The summed E-state index contributed by atoms with van der Waals surface area (Å²) in [5.41, 5.74) is 0.819. The highest BCUT2D eigenvalue weighted by Gasteiger charge is 2.10. The van der Waals surface area contributed by atoms with Gasteiger partial charge in [0, 0.05) is 14.9 Å². The molecule has 100 valence electrons. The molecule has 1 atom stereocenters. The van der Waals surface area contributed by atoms with Crippen LogP contribution in [0.25, 0.3) is 0 Å². The highest BCUT2D eigenvalue weighted by molar-refractivity contribution is 9.10. The Labute approximate surface area is 122 Å². The Morgan fingerprint density at radius 1 is 1.26 bits per heavy atom. The molecule has 0 N–H and O–H groups in total. The summed E-state index contributed by atoms with van der Waals surface area (Å²) in [6, 6.07) is 11.4. The van der Waals surface area contributed by atoms with Crippen LogP contribution in [0.2, 0.25) is 0 Å². The van der Waals surface area contributed by atoms with Gasteiger partial charge in [0.25, 0.3) is 0 Å². The molecule has 0 aliphatic heterocycles. The lowest BCUT2D eigenvalue weighted by molar-refractivity contribution is 0.411.